The van der Waals surface area contributed by atoms with E-state index in [-0.39, 0.29) is 29.2 Å². The van der Waals surface area contributed by atoms with Gasteiger partial charge in [0.05, 0.1) is 12.2 Å². The van der Waals surface area contributed by atoms with E-state index in [9.17, 15) is 14.3 Å². The summed E-state index contributed by atoms with van der Waals surface area (Å²) in [6.07, 6.45) is 3.27. The van der Waals surface area contributed by atoms with Crippen LogP contribution in [0, 0.1) is 5.82 Å². The Morgan fingerprint density at radius 3 is 3.11 bits per heavy atom. The number of rotatable bonds is 5. The minimum absolute atomic E-state index is 0.00655. The number of carboxylic acid groups (broad SMARTS) is 1. The van der Waals surface area contributed by atoms with Crippen molar-refractivity contribution in [1.82, 2.24) is 14.6 Å². The van der Waals surface area contributed by atoms with Gasteiger partial charge in [0, 0.05) is 30.3 Å². The molecule has 27 heavy (non-hydrogen) atoms. The number of nitrogens with two attached hydrogens (primary N) is 1. The van der Waals surface area contributed by atoms with Gasteiger partial charge in [0.25, 0.3) is 0 Å². The molecule has 0 fully saturated rings. The highest BCUT2D eigenvalue weighted by Crippen LogP contribution is 2.37. The van der Waals surface area contributed by atoms with Crippen molar-refractivity contribution in [2.24, 2.45) is 5.73 Å². The molecule has 2 atom stereocenters. The summed E-state index contributed by atoms with van der Waals surface area (Å²) in [7, 11) is 0. The smallest absolute Gasteiger partial charge is 0.341 e. The van der Waals surface area contributed by atoms with Crippen molar-refractivity contribution in [2.75, 3.05) is 11.9 Å². The fourth-order valence-corrected chi connectivity index (χ4v) is 3.27. The van der Waals surface area contributed by atoms with E-state index in [2.05, 4.69) is 15.4 Å². The normalized spacial score (nSPS) is 16.8. The summed E-state index contributed by atoms with van der Waals surface area (Å²) < 4.78 is 21.3. The minimum Gasteiger partial charge on any atom is -0.488 e. The molecule has 2 aromatic heterocycles. The average Bonchev–Trinajstić information content (AvgIpc) is 3.23. The second-order valence-electron chi connectivity index (χ2n) is 6.47. The Hall–Kier alpha value is -3.20. The maximum Gasteiger partial charge on any atom is 0.341 e. The fraction of sp³-hybridized carbons (Fsp3) is 0.278. The number of anilines is 1. The SMILES string of the molecule is C[C@@H](Nc1ccn2ncc(C(=O)O)c2n1)c1cc(F)cc2c1OC(CN)C2. The van der Waals surface area contributed by atoms with Crippen LogP contribution in [0.15, 0.2) is 30.6 Å². The van der Waals surface area contributed by atoms with E-state index in [0.29, 0.717) is 30.1 Å². The lowest BCUT2D eigenvalue weighted by molar-refractivity contribution is 0.0698. The standard InChI is InChI=1S/C18H18FN5O3/c1-9(13-6-11(19)4-10-5-12(7-20)27-16(10)13)22-15-2-3-24-17(23-15)14(8-21-24)18(25)26/h2-4,6,8-9,12H,5,7,20H2,1H3,(H,22,23)(H,25,26)/t9-,12?/m1/s1. The summed E-state index contributed by atoms with van der Waals surface area (Å²) in [5.74, 6) is -0.356. The van der Waals surface area contributed by atoms with Crippen LogP contribution >= 0.6 is 0 Å². The highest BCUT2D eigenvalue weighted by molar-refractivity contribution is 5.94. The number of fused-ring (bicyclic) bond motifs is 2. The van der Waals surface area contributed by atoms with Gasteiger partial charge in [-0.25, -0.2) is 18.7 Å². The van der Waals surface area contributed by atoms with Crippen LogP contribution in [0.5, 0.6) is 5.75 Å². The number of carboxylic acids is 1. The van der Waals surface area contributed by atoms with E-state index >= 15 is 0 Å². The Morgan fingerprint density at radius 2 is 2.37 bits per heavy atom. The third-order valence-corrected chi connectivity index (χ3v) is 4.58. The third kappa shape index (κ3) is 3.06. The summed E-state index contributed by atoms with van der Waals surface area (Å²) in [5.41, 5.74) is 7.37. The van der Waals surface area contributed by atoms with E-state index in [1.165, 1.54) is 22.8 Å². The van der Waals surface area contributed by atoms with E-state index in [1.807, 2.05) is 6.92 Å². The van der Waals surface area contributed by atoms with Gasteiger partial charge in [-0.05, 0) is 25.1 Å². The average molecular weight is 371 g/mol. The van der Waals surface area contributed by atoms with Crippen molar-refractivity contribution in [2.45, 2.75) is 25.5 Å². The fourth-order valence-electron chi connectivity index (χ4n) is 3.27. The lowest BCUT2D eigenvalue weighted by Gasteiger charge is -2.19. The van der Waals surface area contributed by atoms with Crippen LogP contribution in [-0.4, -0.2) is 38.3 Å². The number of ether oxygens (including phenoxy) is 1. The lowest BCUT2D eigenvalue weighted by atomic mass is 10.0. The number of hydrogen-bond donors (Lipinski definition) is 3. The molecular formula is C18H18FN5O3. The van der Waals surface area contributed by atoms with Crippen LogP contribution in [0.25, 0.3) is 5.65 Å². The molecule has 0 saturated heterocycles. The number of halogens is 1. The predicted octanol–water partition coefficient (Wildman–Crippen LogP) is 2.00. The van der Waals surface area contributed by atoms with Gasteiger partial charge in [0.15, 0.2) is 5.65 Å². The number of aromatic nitrogens is 3. The Balaban J connectivity index is 1.65. The molecule has 3 aromatic rings. The number of aromatic carboxylic acids is 1. The molecule has 0 saturated carbocycles. The van der Waals surface area contributed by atoms with E-state index in [0.717, 1.165) is 5.56 Å². The highest BCUT2D eigenvalue weighted by atomic mass is 19.1. The Kier molecular flexibility index (Phi) is 4.15. The largest absolute Gasteiger partial charge is 0.488 e. The third-order valence-electron chi connectivity index (χ3n) is 4.58. The first-order valence-electron chi connectivity index (χ1n) is 8.49. The van der Waals surface area contributed by atoms with Crippen molar-refractivity contribution in [3.8, 4) is 5.75 Å². The molecule has 0 aliphatic carbocycles. The summed E-state index contributed by atoms with van der Waals surface area (Å²) in [6.45, 7) is 2.21. The molecule has 140 valence electrons. The van der Waals surface area contributed by atoms with E-state index in [4.69, 9.17) is 10.5 Å². The van der Waals surface area contributed by atoms with Crippen molar-refractivity contribution in [1.29, 1.82) is 0 Å². The second-order valence-corrected chi connectivity index (χ2v) is 6.47. The monoisotopic (exact) mass is 371 g/mol. The molecule has 0 bridgehead atoms. The molecule has 3 heterocycles. The molecule has 8 nitrogen and oxygen atoms in total. The van der Waals surface area contributed by atoms with Gasteiger partial charge in [-0.1, -0.05) is 0 Å². The Morgan fingerprint density at radius 1 is 1.56 bits per heavy atom. The highest BCUT2D eigenvalue weighted by Gasteiger charge is 2.27. The van der Waals surface area contributed by atoms with E-state index < -0.39 is 5.97 Å². The van der Waals surface area contributed by atoms with Gasteiger partial charge in [-0.2, -0.15) is 5.10 Å². The number of nitrogens with zero attached hydrogens (tertiary/aromatic N) is 3. The van der Waals surface area contributed by atoms with Crippen molar-refractivity contribution < 1.29 is 19.0 Å². The summed E-state index contributed by atoms with van der Waals surface area (Å²) in [6, 6.07) is 4.24. The summed E-state index contributed by atoms with van der Waals surface area (Å²) in [4.78, 5) is 15.6. The molecule has 9 heteroatoms. The zero-order valence-corrected chi connectivity index (χ0v) is 14.5. The first-order chi connectivity index (χ1) is 13.0. The van der Waals surface area contributed by atoms with Gasteiger partial charge in [0.1, 0.15) is 29.1 Å². The first kappa shape index (κ1) is 17.2. The summed E-state index contributed by atoms with van der Waals surface area (Å²) >= 11 is 0. The number of carbonyl (C=O) groups is 1. The second kappa shape index (κ2) is 6.51. The zero-order valence-electron chi connectivity index (χ0n) is 14.5. The van der Waals surface area contributed by atoms with Gasteiger partial charge < -0.3 is 20.9 Å². The topological polar surface area (TPSA) is 115 Å². The quantitative estimate of drug-likeness (QED) is 0.628. The Labute approximate surface area is 153 Å². The van der Waals surface area contributed by atoms with Gasteiger partial charge in [-0.3, -0.25) is 0 Å². The molecular weight excluding hydrogens is 353 g/mol. The van der Waals surface area contributed by atoms with Crippen molar-refractivity contribution in [3.05, 3.63) is 53.1 Å². The van der Waals surface area contributed by atoms with Crippen LogP contribution in [-0.2, 0) is 6.42 Å². The number of benzene rings is 1. The van der Waals surface area contributed by atoms with Gasteiger partial charge >= 0.3 is 5.97 Å². The molecule has 4 rings (SSSR count). The number of hydrogen-bond acceptors (Lipinski definition) is 6. The van der Waals surface area contributed by atoms with E-state index in [1.54, 1.807) is 12.3 Å². The molecule has 0 radical (unpaired) electrons. The molecule has 0 spiro atoms. The molecule has 1 unspecified atom stereocenters. The van der Waals surface area contributed by atoms with Crippen molar-refractivity contribution in [3.63, 3.8) is 0 Å². The van der Waals surface area contributed by atoms with Crippen LogP contribution in [0.3, 0.4) is 0 Å². The van der Waals surface area contributed by atoms with Crippen LogP contribution < -0.4 is 15.8 Å². The van der Waals surface area contributed by atoms with Crippen molar-refractivity contribution >= 4 is 17.4 Å². The van der Waals surface area contributed by atoms with Gasteiger partial charge in [0.2, 0.25) is 0 Å². The summed E-state index contributed by atoms with van der Waals surface area (Å²) in [5, 5.41) is 16.4. The van der Waals surface area contributed by atoms with Crippen LogP contribution in [0.1, 0.15) is 34.5 Å². The molecule has 1 aromatic carbocycles. The van der Waals surface area contributed by atoms with Gasteiger partial charge in [-0.15, -0.1) is 0 Å². The maximum atomic E-state index is 14.1. The lowest BCUT2D eigenvalue weighted by Crippen LogP contribution is -2.24. The zero-order chi connectivity index (χ0) is 19.1. The molecule has 0 amide bonds. The van der Waals surface area contributed by atoms with Crippen LogP contribution in [0.4, 0.5) is 10.2 Å². The van der Waals surface area contributed by atoms with Crippen LogP contribution in [0.2, 0.25) is 0 Å². The predicted molar refractivity (Wildman–Crippen MR) is 95.6 cm³/mol. The number of nitrogens with one attached hydrogen (secondary N) is 1. The maximum absolute atomic E-state index is 14.1. The first-order valence-corrected chi connectivity index (χ1v) is 8.49. The Bertz CT molecular complexity index is 1040. The molecule has 1 aliphatic heterocycles. The molecule has 4 N–H and O–H groups in total. The molecule has 1 aliphatic rings. The minimum atomic E-state index is -1.10.